The first-order chi connectivity index (χ1) is 12.3. The molecule has 1 fully saturated rings. The highest BCUT2D eigenvalue weighted by molar-refractivity contribution is 7.91. The second kappa shape index (κ2) is 7.19. The van der Waals surface area contributed by atoms with E-state index in [0.29, 0.717) is 6.42 Å². The molecule has 2 amide bonds. The molecule has 1 aromatic rings. The zero-order valence-electron chi connectivity index (χ0n) is 15.0. The second-order valence-electron chi connectivity index (χ2n) is 6.76. The van der Waals surface area contributed by atoms with E-state index < -0.39 is 15.9 Å². The predicted octanol–water partition coefficient (Wildman–Crippen LogP) is 1.66. The average Bonchev–Trinajstić information content (AvgIpc) is 2.96. The van der Waals surface area contributed by atoms with Gasteiger partial charge in [-0.2, -0.15) is 5.10 Å². The lowest BCUT2D eigenvalue weighted by molar-refractivity contribution is -0.133. The zero-order valence-corrected chi connectivity index (χ0v) is 15.8. The molecule has 0 radical (unpaired) electrons. The van der Waals surface area contributed by atoms with Crippen molar-refractivity contribution < 1.29 is 18.0 Å². The van der Waals surface area contributed by atoms with Gasteiger partial charge in [-0.25, -0.2) is 13.4 Å². The maximum absolute atomic E-state index is 12.7. The van der Waals surface area contributed by atoms with Gasteiger partial charge in [0.25, 0.3) is 5.91 Å². The van der Waals surface area contributed by atoms with E-state index in [1.807, 2.05) is 32.0 Å². The van der Waals surface area contributed by atoms with Gasteiger partial charge in [-0.1, -0.05) is 25.1 Å². The largest absolute Gasteiger partial charge is 0.320 e. The molecular formula is C18H23N3O4S. The van der Waals surface area contributed by atoms with Crippen molar-refractivity contribution in [3.63, 3.8) is 0 Å². The number of carbonyl (C=O) groups is 2. The number of nitrogens with one attached hydrogen (secondary N) is 1. The lowest BCUT2D eigenvalue weighted by Gasteiger charge is -2.27. The highest BCUT2D eigenvalue weighted by Crippen LogP contribution is 2.24. The lowest BCUT2D eigenvalue weighted by atomic mass is 10.0. The van der Waals surface area contributed by atoms with Crippen LogP contribution >= 0.6 is 0 Å². The van der Waals surface area contributed by atoms with Gasteiger partial charge in [0.2, 0.25) is 5.91 Å². The predicted molar refractivity (Wildman–Crippen MR) is 99.8 cm³/mol. The molecule has 26 heavy (non-hydrogen) atoms. The average molecular weight is 377 g/mol. The van der Waals surface area contributed by atoms with Crippen LogP contribution < -0.4 is 5.32 Å². The number of carbonyl (C=O) groups excluding carboxylic acids is 2. The van der Waals surface area contributed by atoms with Crippen LogP contribution in [0.2, 0.25) is 0 Å². The molecule has 7 nitrogen and oxygen atoms in total. The van der Waals surface area contributed by atoms with Crippen LogP contribution in [0.5, 0.6) is 0 Å². The van der Waals surface area contributed by atoms with Crippen LogP contribution in [0.3, 0.4) is 0 Å². The number of hydrazone groups is 1. The highest BCUT2D eigenvalue weighted by atomic mass is 32.2. The Morgan fingerprint density at radius 2 is 2.12 bits per heavy atom. The van der Waals surface area contributed by atoms with Crippen LogP contribution in [-0.2, 0) is 25.8 Å². The summed E-state index contributed by atoms with van der Waals surface area (Å²) in [5, 5.41) is 8.34. The van der Waals surface area contributed by atoms with E-state index in [4.69, 9.17) is 0 Å². The Kier molecular flexibility index (Phi) is 5.13. The third kappa shape index (κ3) is 3.80. The third-order valence-electron chi connectivity index (χ3n) is 4.85. The topological polar surface area (TPSA) is 95.9 Å². The molecule has 2 heterocycles. The highest BCUT2D eigenvalue weighted by Gasteiger charge is 2.37. The first kappa shape index (κ1) is 18.6. The quantitative estimate of drug-likeness (QED) is 0.863. The van der Waals surface area contributed by atoms with Gasteiger partial charge in [0, 0.05) is 18.5 Å². The molecule has 140 valence electrons. The summed E-state index contributed by atoms with van der Waals surface area (Å²) in [6, 6.07) is 5.37. The molecule has 1 aromatic carbocycles. The van der Waals surface area contributed by atoms with Crippen molar-refractivity contribution in [1.82, 2.24) is 5.01 Å². The number of hydrogen-bond donors (Lipinski definition) is 1. The summed E-state index contributed by atoms with van der Waals surface area (Å²) in [7, 11) is -3.13. The Morgan fingerprint density at radius 1 is 1.35 bits per heavy atom. The van der Waals surface area contributed by atoms with Crippen molar-refractivity contribution in [3.8, 4) is 0 Å². The molecule has 0 aromatic heterocycles. The number of hydrogen-bond acceptors (Lipinski definition) is 5. The number of anilines is 1. The first-order valence-corrected chi connectivity index (χ1v) is 10.6. The molecule has 1 atom stereocenters. The Balaban J connectivity index is 1.81. The standard InChI is InChI=1S/C18H23N3O4S/c1-3-13-6-4-5-12(2)17(13)19-18(23)15-7-8-16(22)21(20-15)14-9-10-26(24,25)11-14/h4-6,14H,3,7-11H2,1-2H3,(H,19,23)/t14-/m1/s1. The van der Waals surface area contributed by atoms with Crippen LogP contribution in [0.25, 0.3) is 0 Å². The number of benzene rings is 1. The Labute approximate surface area is 153 Å². The van der Waals surface area contributed by atoms with E-state index in [9.17, 15) is 18.0 Å². The first-order valence-electron chi connectivity index (χ1n) is 8.80. The molecular weight excluding hydrogens is 354 g/mol. The van der Waals surface area contributed by atoms with E-state index in [-0.39, 0.29) is 41.9 Å². The minimum Gasteiger partial charge on any atom is -0.320 e. The van der Waals surface area contributed by atoms with Crippen LogP contribution in [0.4, 0.5) is 5.69 Å². The maximum Gasteiger partial charge on any atom is 0.271 e. The van der Waals surface area contributed by atoms with Gasteiger partial charge in [0.1, 0.15) is 5.71 Å². The number of para-hydroxylation sites is 1. The van der Waals surface area contributed by atoms with Crippen LogP contribution in [0.1, 0.15) is 37.3 Å². The summed E-state index contributed by atoms with van der Waals surface area (Å²) in [5.74, 6) is -0.600. The fraction of sp³-hybridized carbons (Fsp3) is 0.500. The summed E-state index contributed by atoms with van der Waals surface area (Å²) >= 11 is 0. The number of nitrogens with zero attached hydrogens (tertiary/aromatic N) is 2. The molecule has 2 aliphatic heterocycles. The summed E-state index contributed by atoms with van der Waals surface area (Å²) in [6.07, 6.45) is 1.57. The summed E-state index contributed by atoms with van der Waals surface area (Å²) in [4.78, 5) is 24.8. The summed E-state index contributed by atoms with van der Waals surface area (Å²) in [5.41, 5.74) is 3.03. The maximum atomic E-state index is 12.7. The van der Waals surface area contributed by atoms with E-state index in [1.54, 1.807) is 0 Å². The number of rotatable bonds is 4. The van der Waals surface area contributed by atoms with Crippen LogP contribution in [0.15, 0.2) is 23.3 Å². The van der Waals surface area contributed by atoms with E-state index >= 15 is 0 Å². The smallest absolute Gasteiger partial charge is 0.271 e. The zero-order chi connectivity index (χ0) is 18.9. The van der Waals surface area contributed by atoms with Crippen molar-refractivity contribution in [2.75, 3.05) is 16.8 Å². The van der Waals surface area contributed by atoms with Crippen molar-refractivity contribution in [3.05, 3.63) is 29.3 Å². The molecule has 3 rings (SSSR count). The molecule has 1 N–H and O–H groups in total. The molecule has 8 heteroatoms. The number of amides is 2. The molecule has 0 saturated carbocycles. The molecule has 0 spiro atoms. The molecule has 0 unspecified atom stereocenters. The van der Waals surface area contributed by atoms with Gasteiger partial charge in [0.05, 0.1) is 17.5 Å². The van der Waals surface area contributed by atoms with Crippen molar-refractivity contribution in [2.45, 2.75) is 45.6 Å². The second-order valence-corrected chi connectivity index (χ2v) is 8.99. The van der Waals surface area contributed by atoms with E-state index in [2.05, 4.69) is 10.4 Å². The van der Waals surface area contributed by atoms with Crippen LogP contribution in [0, 0.1) is 6.92 Å². The van der Waals surface area contributed by atoms with E-state index in [0.717, 1.165) is 23.2 Å². The molecule has 2 aliphatic rings. The normalized spacial score (nSPS) is 22.2. The Bertz CT molecular complexity index is 876. The lowest BCUT2D eigenvalue weighted by Crippen LogP contribution is -2.42. The Hall–Kier alpha value is -2.22. The SMILES string of the molecule is CCc1cccc(C)c1NC(=O)C1=NN([C@@H]2CCS(=O)(=O)C2)C(=O)CC1. The minimum atomic E-state index is -3.13. The monoisotopic (exact) mass is 377 g/mol. The Morgan fingerprint density at radius 3 is 2.77 bits per heavy atom. The fourth-order valence-corrected chi connectivity index (χ4v) is 5.07. The van der Waals surface area contributed by atoms with Crippen LogP contribution in [-0.4, -0.2) is 48.5 Å². The molecule has 1 saturated heterocycles. The van der Waals surface area contributed by atoms with Gasteiger partial charge in [-0.05, 0) is 30.9 Å². The van der Waals surface area contributed by atoms with Gasteiger partial charge < -0.3 is 5.32 Å². The molecule has 0 aliphatic carbocycles. The van der Waals surface area contributed by atoms with Gasteiger partial charge in [-0.15, -0.1) is 0 Å². The minimum absolute atomic E-state index is 0.0571. The molecule has 0 bridgehead atoms. The summed E-state index contributed by atoms with van der Waals surface area (Å²) < 4.78 is 23.4. The van der Waals surface area contributed by atoms with Gasteiger partial charge >= 0.3 is 0 Å². The fourth-order valence-electron chi connectivity index (χ4n) is 3.38. The van der Waals surface area contributed by atoms with Gasteiger partial charge in [0.15, 0.2) is 9.84 Å². The summed E-state index contributed by atoms with van der Waals surface area (Å²) in [6.45, 7) is 3.94. The van der Waals surface area contributed by atoms with Crippen molar-refractivity contribution in [2.24, 2.45) is 5.10 Å². The van der Waals surface area contributed by atoms with Gasteiger partial charge in [-0.3, -0.25) is 9.59 Å². The van der Waals surface area contributed by atoms with Crippen molar-refractivity contribution >= 4 is 33.1 Å². The third-order valence-corrected chi connectivity index (χ3v) is 6.60. The number of aryl methyl sites for hydroxylation is 2. The van der Waals surface area contributed by atoms with Crippen molar-refractivity contribution in [1.29, 1.82) is 0 Å². The van der Waals surface area contributed by atoms with E-state index in [1.165, 1.54) is 5.01 Å². The number of sulfone groups is 1.